The average molecular weight is 225 g/mol. The highest BCUT2D eigenvalue weighted by molar-refractivity contribution is 5.88. The summed E-state index contributed by atoms with van der Waals surface area (Å²) in [4.78, 5) is 6.85. The molecule has 2 aliphatic rings. The van der Waals surface area contributed by atoms with Crippen LogP contribution in [0.2, 0.25) is 0 Å². The zero-order valence-corrected chi connectivity index (χ0v) is 9.94. The van der Waals surface area contributed by atoms with Crippen LogP contribution in [0.25, 0.3) is 0 Å². The van der Waals surface area contributed by atoms with E-state index < -0.39 is 0 Å². The number of hydrogen-bond donors (Lipinski definition) is 2. The van der Waals surface area contributed by atoms with Gasteiger partial charge in [0.25, 0.3) is 0 Å². The van der Waals surface area contributed by atoms with Gasteiger partial charge in [-0.05, 0) is 32.4 Å². The maximum absolute atomic E-state index is 6.11. The van der Waals surface area contributed by atoms with E-state index in [0.717, 1.165) is 31.9 Å². The van der Waals surface area contributed by atoms with Crippen molar-refractivity contribution in [2.24, 2.45) is 16.6 Å². The highest BCUT2D eigenvalue weighted by Crippen LogP contribution is 2.10. The molecule has 5 heteroatoms. The number of rotatable bonds is 4. The highest BCUT2D eigenvalue weighted by Gasteiger charge is 2.21. The van der Waals surface area contributed by atoms with Gasteiger partial charge in [0, 0.05) is 6.54 Å². The third-order valence-electron chi connectivity index (χ3n) is 3.45. The lowest BCUT2D eigenvalue weighted by Crippen LogP contribution is -2.46. The van der Waals surface area contributed by atoms with Gasteiger partial charge < -0.3 is 10.6 Å². The maximum atomic E-state index is 6.11. The molecule has 1 saturated heterocycles. The van der Waals surface area contributed by atoms with E-state index in [4.69, 9.17) is 11.6 Å². The second-order valence-electron chi connectivity index (χ2n) is 4.73. The van der Waals surface area contributed by atoms with Gasteiger partial charge in [0.05, 0.1) is 19.1 Å². The van der Waals surface area contributed by atoms with Crippen molar-refractivity contribution in [3.8, 4) is 0 Å². The van der Waals surface area contributed by atoms with Gasteiger partial charge in [0.1, 0.15) is 5.84 Å². The summed E-state index contributed by atoms with van der Waals surface area (Å²) >= 11 is 0. The molecule has 0 spiro atoms. The lowest BCUT2D eigenvalue weighted by molar-refractivity contribution is 0.224. The summed E-state index contributed by atoms with van der Waals surface area (Å²) in [7, 11) is 0. The first-order valence-electron chi connectivity index (χ1n) is 6.32. The van der Waals surface area contributed by atoms with Gasteiger partial charge >= 0.3 is 0 Å². The fourth-order valence-electron chi connectivity index (χ4n) is 2.44. The molecule has 2 rings (SSSR count). The Hall–Kier alpha value is -0.650. The number of amidine groups is 1. The van der Waals surface area contributed by atoms with Crippen LogP contribution in [-0.4, -0.2) is 54.5 Å². The topological polar surface area (TPSA) is 70.9 Å². The first kappa shape index (κ1) is 11.8. The lowest BCUT2D eigenvalue weighted by atomic mass is 10.1. The Morgan fingerprint density at radius 3 is 2.56 bits per heavy atom. The Labute approximate surface area is 97.4 Å². The molecule has 0 aromatic heterocycles. The minimum Gasteiger partial charge on any atom is -0.321 e. The second kappa shape index (κ2) is 5.61. The van der Waals surface area contributed by atoms with E-state index in [9.17, 15) is 0 Å². The molecule has 0 aromatic rings. The number of hydrogen-bond acceptors (Lipinski definition) is 5. The van der Waals surface area contributed by atoms with E-state index in [1.54, 1.807) is 5.01 Å². The molecule has 1 unspecified atom stereocenters. The van der Waals surface area contributed by atoms with Crippen molar-refractivity contribution in [2.75, 3.05) is 32.7 Å². The number of likely N-dealkylation sites (tertiary alicyclic amines) is 1. The molecule has 2 aliphatic heterocycles. The van der Waals surface area contributed by atoms with Crippen LogP contribution >= 0.6 is 0 Å². The van der Waals surface area contributed by atoms with Gasteiger partial charge in [0.2, 0.25) is 0 Å². The molecule has 1 fully saturated rings. The Bertz CT molecular complexity index is 247. The van der Waals surface area contributed by atoms with E-state index in [-0.39, 0.29) is 6.04 Å². The monoisotopic (exact) mass is 225 g/mol. The van der Waals surface area contributed by atoms with Crippen LogP contribution in [0.4, 0.5) is 0 Å². The van der Waals surface area contributed by atoms with E-state index in [1.807, 2.05) is 0 Å². The van der Waals surface area contributed by atoms with Gasteiger partial charge in [0.15, 0.2) is 0 Å². The van der Waals surface area contributed by atoms with Gasteiger partial charge in [-0.3, -0.25) is 10.0 Å². The molecule has 0 amide bonds. The zero-order valence-electron chi connectivity index (χ0n) is 9.94. The first-order chi connectivity index (χ1) is 7.77. The van der Waals surface area contributed by atoms with E-state index >= 15 is 0 Å². The molecule has 4 N–H and O–H groups in total. The summed E-state index contributed by atoms with van der Waals surface area (Å²) in [6.07, 6.45) is 5.01. The molecular weight excluding hydrogens is 202 g/mol. The number of hydrazine groups is 1. The fraction of sp³-hybridized carbons (Fsp3) is 0.909. The average Bonchev–Trinajstić information content (AvgIpc) is 2.74. The molecule has 5 nitrogen and oxygen atoms in total. The smallest absolute Gasteiger partial charge is 0.130 e. The van der Waals surface area contributed by atoms with Crippen molar-refractivity contribution in [3.05, 3.63) is 0 Å². The number of nitrogens with zero attached hydrogens (tertiary/aromatic N) is 3. The Kier molecular flexibility index (Phi) is 4.15. The Balaban J connectivity index is 1.72. The Morgan fingerprint density at radius 2 is 1.94 bits per heavy atom. The predicted octanol–water partition coefficient (Wildman–Crippen LogP) is -0.222. The SMILES string of the molecule is NC(CCN1CCCCC1)C1=NCCN1N. The highest BCUT2D eigenvalue weighted by atomic mass is 15.5. The third-order valence-corrected chi connectivity index (χ3v) is 3.45. The summed E-state index contributed by atoms with van der Waals surface area (Å²) in [5.74, 6) is 6.68. The van der Waals surface area contributed by atoms with Gasteiger partial charge in [-0.15, -0.1) is 0 Å². The fourth-order valence-corrected chi connectivity index (χ4v) is 2.44. The van der Waals surface area contributed by atoms with Crippen LogP contribution in [-0.2, 0) is 0 Å². The molecule has 2 heterocycles. The van der Waals surface area contributed by atoms with Crippen molar-refractivity contribution in [3.63, 3.8) is 0 Å². The Morgan fingerprint density at radius 1 is 1.19 bits per heavy atom. The molecule has 16 heavy (non-hydrogen) atoms. The molecule has 0 saturated carbocycles. The summed E-state index contributed by atoms with van der Waals surface area (Å²) in [6, 6.07) is 0.00873. The van der Waals surface area contributed by atoms with E-state index in [0.29, 0.717) is 0 Å². The molecule has 0 bridgehead atoms. The van der Waals surface area contributed by atoms with E-state index in [1.165, 1.54) is 32.4 Å². The van der Waals surface area contributed by atoms with Crippen molar-refractivity contribution in [1.82, 2.24) is 9.91 Å². The van der Waals surface area contributed by atoms with Crippen molar-refractivity contribution < 1.29 is 0 Å². The van der Waals surface area contributed by atoms with Crippen LogP contribution in [0.3, 0.4) is 0 Å². The standard InChI is InChI=1S/C11H23N5/c12-10(11-14-5-9-16(11)13)4-8-15-6-2-1-3-7-15/h10H,1-9,12-13H2. The third kappa shape index (κ3) is 2.93. The van der Waals surface area contributed by atoms with Crippen LogP contribution in [0, 0.1) is 0 Å². The summed E-state index contributed by atoms with van der Waals surface area (Å²) in [5, 5.41) is 1.70. The summed E-state index contributed by atoms with van der Waals surface area (Å²) in [6.45, 7) is 5.14. The van der Waals surface area contributed by atoms with Crippen molar-refractivity contribution >= 4 is 5.84 Å². The van der Waals surface area contributed by atoms with Gasteiger partial charge in [-0.25, -0.2) is 5.84 Å². The molecule has 92 valence electrons. The number of nitrogens with two attached hydrogens (primary N) is 2. The van der Waals surface area contributed by atoms with Crippen LogP contribution in [0.15, 0.2) is 4.99 Å². The van der Waals surface area contributed by atoms with Crippen LogP contribution in [0.1, 0.15) is 25.7 Å². The normalized spacial score (nSPS) is 24.6. The molecular formula is C11H23N5. The molecule has 0 aliphatic carbocycles. The van der Waals surface area contributed by atoms with E-state index in [2.05, 4.69) is 9.89 Å². The van der Waals surface area contributed by atoms with Crippen LogP contribution < -0.4 is 11.6 Å². The predicted molar refractivity (Wildman–Crippen MR) is 66.1 cm³/mol. The first-order valence-corrected chi connectivity index (χ1v) is 6.32. The minimum atomic E-state index is 0.00873. The summed E-state index contributed by atoms with van der Waals surface area (Å²) < 4.78 is 0. The second-order valence-corrected chi connectivity index (χ2v) is 4.73. The summed E-state index contributed by atoms with van der Waals surface area (Å²) in [5.41, 5.74) is 6.11. The lowest BCUT2D eigenvalue weighted by Gasteiger charge is -2.28. The minimum absolute atomic E-state index is 0.00873. The van der Waals surface area contributed by atoms with Gasteiger partial charge in [-0.1, -0.05) is 6.42 Å². The number of aliphatic imine (C=N–C) groups is 1. The molecule has 1 atom stereocenters. The number of piperidine rings is 1. The zero-order chi connectivity index (χ0) is 11.4. The molecule has 0 aromatic carbocycles. The van der Waals surface area contributed by atoms with Gasteiger partial charge in [-0.2, -0.15) is 0 Å². The maximum Gasteiger partial charge on any atom is 0.130 e. The quantitative estimate of drug-likeness (QED) is 0.649. The molecule has 0 radical (unpaired) electrons. The van der Waals surface area contributed by atoms with Crippen molar-refractivity contribution in [1.29, 1.82) is 0 Å². The van der Waals surface area contributed by atoms with Crippen molar-refractivity contribution in [2.45, 2.75) is 31.7 Å². The van der Waals surface area contributed by atoms with Crippen LogP contribution in [0.5, 0.6) is 0 Å². The largest absolute Gasteiger partial charge is 0.321 e.